The Bertz CT molecular complexity index is 258. The van der Waals surface area contributed by atoms with E-state index in [1.807, 2.05) is 6.20 Å². The van der Waals surface area contributed by atoms with Gasteiger partial charge >= 0.3 is 0 Å². The molecule has 1 aromatic rings. The van der Waals surface area contributed by atoms with Crippen molar-refractivity contribution < 1.29 is 4.42 Å². The van der Waals surface area contributed by atoms with Crippen LogP contribution >= 0.6 is 0 Å². The molecule has 0 aromatic carbocycles. The molecular formula is C11H20N2O. The van der Waals surface area contributed by atoms with Gasteiger partial charge in [-0.3, -0.25) is 0 Å². The third kappa shape index (κ3) is 3.50. The summed E-state index contributed by atoms with van der Waals surface area (Å²) in [7, 11) is 0. The smallest absolute Gasteiger partial charge is 0.208 e. The van der Waals surface area contributed by atoms with E-state index in [2.05, 4.69) is 31.1 Å². The van der Waals surface area contributed by atoms with Crippen molar-refractivity contribution >= 4 is 0 Å². The van der Waals surface area contributed by atoms with Crippen LogP contribution in [0.15, 0.2) is 10.6 Å². The highest BCUT2D eigenvalue weighted by Gasteiger charge is 2.04. The Kier molecular flexibility index (Phi) is 4.66. The molecule has 0 aliphatic rings. The Morgan fingerprint density at radius 3 is 2.86 bits per heavy atom. The Hall–Kier alpha value is -0.830. The van der Waals surface area contributed by atoms with Crippen LogP contribution in [0, 0.1) is 0 Å². The number of hydrogen-bond donors (Lipinski definition) is 1. The van der Waals surface area contributed by atoms with E-state index in [0.29, 0.717) is 6.04 Å². The molecule has 0 spiro atoms. The molecule has 1 heterocycles. The molecule has 1 unspecified atom stereocenters. The molecule has 1 rings (SSSR count). The van der Waals surface area contributed by atoms with Crippen LogP contribution in [-0.2, 0) is 13.0 Å². The van der Waals surface area contributed by atoms with Crippen molar-refractivity contribution in [1.29, 1.82) is 0 Å². The Labute approximate surface area is 85.9 Å². The summed E-state index contributed by atoms with van der Waals surface area (Å²) in [5.41, 5.74) is 0. The molecule has 0 aliphatic carbocycles. The van der Waals surface area contributed by atoms with Crippen LogP contribution in [-0.4, -0.2) is 11.0 Å². The summed E-state index contributed by atoms with van der Waals surface area (Å²) in [5, 5.41) is 3.38. The molecule has 0 saturated carbocycles. The van der Waals surface area contributed by atoms with Crippen molar-refractivity contribution in [2.45, 2.75) is 52.6 Å². The number of rotatable bonds is 6. The summed E-state index contributed by atoms with van der Waals surface area (Å²) in [5.74, 6) is 1.76. The second-order valence-corrected chi connectivity index (χ2v) is 3.64. The Balaban J connectivity index is 2.30. The van der Waals surface area contributed by atoms with Crippen LogP contribution in [0.4, 0.5) is 0 Å². The van der Waals surface area contributed by atoms with Crippen molar-refractivity contribution in [3.05, 3.63) is 17.8 Å². The molecule has 0 aliphatic heterocycles. The predicted molar refractivity (Wildman–Crippen MR) is 57.1 cm³/mol. The highest BCUT2D eigenvalue weighted by Crippen LogP contribution is 2.04. The summed E-state index contributed by atoms with van der Waals surface area (Å²) < 4.78 is 5.49. The molecule has 3 heteroatoms. The van der Waals surface area contributed by atoms with Gasteiger partial charge < -0.3 is 9.73 Å². The molecule has 1 N–H and O–H groups in total. The molecule has 0 bridgehead atoms. The van der Waals surface area contributed by atoms with Crippen LogP contribution in [0.1, 0.15) is 45.3 Å². The van der Waals surface area contributed by atoms with E-state index >= 15 is 0 Å². The lowest BCUT2D eigenvalue weighted by Crippen LogP contribution is -2.25. The van der Waals surface area contributed by atoms with Crippen LogP contribution in [0.3, 0.4) is 0 Å². The van der Waals surface area contributed by atoms with Gasteiger partial charge in [-0.2, -0.15) is 0 Å². The van der Waals surface area contributed by atoms with E-state index < -0.39 is 0 Å². The second-order valence-electron chi connectivity index (χ2n) is 3.64. The van der Waals surface area contributed by atoms with Gasteiger partial charge in [0.1, 0.15) is 5.76 Å². The normalized spacial score (nSPS) is 13.1. The quantitative estimate of drug-likeness (QED) is 0.759. The molecule has 1 aromatic heterocycles. The summed E-state index contributed by atoms with van der Waals surface area (Å²) in [6, 6.07) is 0.539. The number of nitrogens with one attached hydrogen (secondary N) is 1. The van der Waals surface area contributed by atoms with Crippen molar-refractivity contribution in [3.8, 4) is 0 Å². The van der Waals surface area contributed by atoms with Gasteiger partial charge in [0.15, 0.2) is 0 Å². The first-order valence-electron chi connectivity index (χ1n) is 5.43. The minimum atomic E-state index is 0.539. The first-order valence-corrected chi connectivity index (χ1v) is 5.43. The standard InChI is InChI=1S/C11H20N2O/c1-4-6-9(3)12-8-11-13-7-10(5-2)14-11/h7,9,12H,4-6,8H2,1-3H3. The number of aromatic nitrogens is 1. The molecule has 80 valence electrons. The van der Waals surface area contributed by atoms with E-state index in [0.717, 1.165) is 24.6 Å². The second kappa shape index (κ2) is 5.81. The topological polar surface area (TPSA) is 38.1 Å². The summed E-state index contributed by atoms with van der Waals surface area (Å²) in [4.78, 5) is 4.19. The number of nitrogens with zero attached hydrogens (tertiary/aromatic N) is 1. The molecule has 0 saturated heterocycles. The van der Waals surface area contributed by atoms with Crippen molar-refractivity contribution in [2.24, 2.45) is 0 Å². The van der Waals surface area contributed by atoms with E-state index in [4.69, 9.17) is 4.42 Å². The van der Waals surface area contributed by atoms with Gasteiger partial charge in [0.05, 0.1) is 12.7 Å². The summed E-state index contributed by atoms with van der Waals surface area (Å²) >= 11 is 0. The average molecular weight is 196 g/mol. The lowest BCUT2D eigenvalue weighted by molar-refractivity contribution is 0.413. The fourth-order valence-corrected chi connectivity index (χ4v) is 1.39. The zero-order chi connectivity index (χ0) is 10.4. The zero-order valence-electron chi connectivity index (χ0n) is 9.34. The van der Waals surface area contributed by atoms with Gasteiger partial charge in [0.25, 0.3) is 0 Å². The largest absolute Gasteiger partial charge is 0.444 e. The Morgan fingerprint density at radius 2 is 2.29 bits per heavy atom. The van der Waals surface area contributed by atoms with Crippen molar-refractivity contribution in [1.82, 2.24) is 10.3 Å². The van der Waals surface area contributed by atoms with Crippen LogP contribution < -0.4 is 5.32 Å². The fraction of sp³-hybridized carbons (Fsp3) is 0.727. The molecule has 0 radical (unpaired) electrons. The maximum atomic E-state index is 5.49. The first kappa shape index (κ1) is 11.2. The maximum Gasteiger partial charge on any atom is 0.208 e. The van der Waals surface area contributed by atoms with Crippen molar-refractivity contribution in [3.63, 3.8) is 0 Å². The van der Waals surface area contributed by atoms with Gasteiger partial charge in [0.2, 0.25) is 5.89 Å². The lowest BCUT2D eigenvalue weighted by Gasteiger charge is -2.10. The van der Waals surface area contributed by atoms with E-state index in [1.165, 1.54) is 12.8 Å². The third-order valence-corrected chi connectivity index (χ3v) is 2.27. The maximum absolute atomic E-state index is 5.49. The molecular weight excluding hydrogens is 176 g/mol. The van der Waals surface area contributed by atoms with Gasteiger partial charge in [-0.15, -0.1) is 0 Å². The van der Waals surface area contributed by atoms with Crippen LogP contribution in [0.5, 0.6) is 0 Å². The van der Waals surface area contributed by atoms with Gasteiger partial charge in [0, 0.05) is 12.5 Å². The van der Waals surface area contributed by atoms with Gasteiger partial charge in [-0.05, 0) is 13.3 Å². The van der Waals surface area contributed by atoms with E-state index in [-0.39, 0.29) is 0 Å². The third-order valence-electron chi connectivity index (χ3n) is 2.27. The average Bonchev–Trinajstić information content (AvgIpc) is 2.63. The van der Waals surface area contributed by atoms with Gasteiger partial charge in [-0.25, -0.2) is 4.98 Å². The van der Waals surface area contributed by atoms with Gasteiger partial charge in [-0.1, -0.05) is 20.3 Å². The number of hydrogen-bond acceptors (Lipinski definition) is 3. The highest BCUT2D eigenvalue weighted by atomic mass is 16.4. The zero-order valence-corrected chi connectivity index (χ0v) is 9.34. The highest BCUT2D eigenvalue weighted by molar-refractivity contribution is 4.93. The molecule has 0 amide bonds. The number of aryl methyl sites for hydroxylation is 1. The minimum absolute atomic E-state index is 0.539. The van der Waals surface area contributed by atoms with Crippen LogP contribution in [0.25, 0.3) is 0 Å². The lowest BCUT2D eigenvalue weighted by atomic mass is 10.2. The molecule has 14 heavy (non-hydrogen) atoms. The molecule has 1 atom stereocenters. The Morgan fingerprint density at radius 1 is 1.50 bits per heavy atom. The minimum Gasteiger partial charge on any atom is -0.444 e. The SMILES string of the molecule is CCCC(C)NCc1ncc(CC)o1. The summed E-state index contributed by atoms with van der Waals surface area (Å²) in [6.07, 6.45) is 5.13. The van der Waals surface area contributed by atoms with E-state index in [9.17, 15) is 0 Å². The monoisotopic (exact) mass is 196 g/mol. The summed E-state index contributed by atoms with van der Waals surface area (Å²) in [6.45, 7) is 7.18. The molecule has 0 fully saturated rings. The fourth-order valence-electron chi connectivity index (χ4n) is 1.39. The first-order chi connectivity index (χ1) is 6.76. The number of oxazole rings is 1. The predicted octanol–water partition coefficient (Wildman–Crippen LogP) is 2.52. The van der Waals surface area contributed by atoms with Crippen LogP contribution in [0.2, 0.25) is 0 Å². The molecule has 3 nitrogen and oxygen atoms in total. The van der Waals surface area contributed by atoms with Crippen molar-refractivity contribution in [2.75, 3.05) is 0 Å². The van der Waals surface area contributed by atoms with E-state index in [1.54, 1.807) is 0 Å².